The largest absolute Gasteiger partial charge is 0.396 e. The highest BCUT2D eigenvalue weighted by molar-refractivity contribution is 5.89. The number of nitrogens with zero attached hydrogens (tertiary/aromatic N) is 2. The Bertz CT molecular complexity index is 820. The molecule has 7 heteroatoms. The summed E-state index contributed by atoms with van der Waals surface area (Å²) in [6.45, 7) is 4.12. The minimum atomic E-state index is -1.55. The molecule has 0 saturated heterocycles. The Labute approximate surface area is 143 Å². The lowest BCUT2D eigenvalue weighted by Gasteiger charge is -2.13. The normalized spacial score (nSPS) is 14.1. The minimum absolute atomic E-state index is 0.0361. The van der Waals surface area contributed by atoms with Crippen LogP contribution in [0, 0.1) is 37.2 Å². The highest BCUT2D eigenvalue weighted by atomic mass is 19.2. The zero-order valence-electron chi connectivity index (χ0n) is 13.9. The summed E-state index contributed by atoms with van der Waals surface area (Å²) in [5.74, 6) is -3.33. The molecule has 1 saturated carbocycles. The van der Waals surface area contributed by atoms with Crippen LogP contribution in [-0.4, -0.2) is 17.8 Å². The van der Waals surface area contributed by atoms with E-state index >= 15 is 0 Å². The molecule has 25 heavy (non-hydrogen) atoms. The van der Waals surface area contributed by atoms with Gasteiger partial charge in [-0.1, -0.05) is 11.2 Å². The number of nitrogens with one attached hydrogen (secondary N) is 1. The van der Waals surface area contributed by atoms with E-state index in [2.05, 4.69) is 15.5 Å². The van der Waals surface area contributed by atoms with E-state index in [9.17, 15) is 13.2 Å². The van der Waals surface area contributed by atoms with Gasteiger partial charge < -0.3 is 10.2 Å². The molecule has 132 valence electrons. The molecule has 0 radical (unpaired) electrons. The molecular weight excluding hydrogens is 331 g/mol. The van der Waals surface area contributed by atoms with Crippen LogP contribution in [0.3, 0.4) is 0 Å². The first-order valence-corrected chi connectivity index (χ1v) is 7.98. The number of pyridine rings is 1. The molecule has 0 bridgehead atoms. The standard InChI is InChI=1S/C18H18F3N3O/c1-10-5-11(2)18(22-7-10)24-17-13(6-14(19)15(20)16(17)21)8-23-25-9-12-3-4-12/h5-8,12H,3-4,9H2,1-2H3,(H,22,24). The predicted octanol–water partition coefficient (Wildman–Crippen LogP) is 4.62. The Morgan fingerprint density at radius 2 is 2.00 bits per heavy atom. The van der Waals surface area contributed by atoms with Gasteiger partial charge in [0.05, 0.1) is 11.9 Å². The van der Waals surface area contributed by atoms with Crippen molar-refractivity contribution in [2.75, 3.05) is 11.9 Å². The summed E-state index contributed by atoms with van der Waals surface area (Å²) in [4.78, 5) is 9.27. The van der Waals surface area contributed by atoms with E-state index in [0.717, 1.165) is 30.0 Å². The third-order valence-corrected chi connectivity index (χ3v) is 3.92. The monoisotopic (exact) mass is 349 g/mol. The van der Waals surface area contributed by atoms with E-state index in [4.69, 9.17) is 4.84 Å². The molecule has 2 aromatic rings. The fraction of sp³-hybridized carbons (Fsp3) is 0.333. The zero-order valence-corrected chi connectivity index (χ0v) is 13.9. The fourth-order valence-corrected chi connectivity index (χ4v) is 2.33. The van der Waals surface area contributed by atoms with Crippen molar-refractivity contribution in [3.63, 3.8) is 0 Å². The van der Waals surface area contributed by atoms with Crippen molar-refractivity contribution in [1.29, 1.82) is 0 Å². The van der Waals surface area contributed by atoms with Crippen LogP contribution < -0.4 is 5.32 Å². The molecule has 3 rings (SSSR count). The van der Waals surface area contributed by atoms with Crippen LogP contribution in [-0.2, 0) is 4.84 Å². The molecule has 1 aliphatic rings. The van der Waals surface area contributed by atoms with Crippen molar-refractivity contribution < 1.29 is 18.0 Å². The number of aromatic nitrogens is 1. The first kappa shape index (κ1) is 17.3. The second-order valence-electron chi connectivity index (χ2n) is 6.23. The average Bonchev–Trinajstić information content (AvgIpc) is 3.39. The number of aryl methyl sites for hydroxylation is 2. The first-order chi connectivity index (χ1) is 12.0. The van der Waals surface area contributed by atoms with Crippen LogP contribution in [0.1, 0.15) is 29.5 Å². The van der Waals surface area contributed by atoms with Crippen LogP contribution in [0.2, 0.25) is 0 Å². The molecule has 0 unspecified atom stereocenters. The summed E-state index contributed by atoms with van der Waals surface area (Å²) >= 11 is 0. The van der Waals surface area contributed by atoms with E-state index in [1.54, 1.807) is 13.1 Å². The molecule has 1 aromatic carbocycles. The van der Waals surface area contributed by atoms with Gasteiger partial charge in [-0.25, -0.2) is 18.2 Å². The molecule has 0 amide bonds. The van der Waals surface area contributed by atoms with Crippen molar-refractivity contribution in [3.8, 4) is 0 Å². The van der Waals surface area contributed by atoms with Gasteiger partial charge in [0, 0.05) is 11.8 Å². The van der Waals surface area contributed by atoms with E-state index in [-0.39, 0.29) is 11.3 Å². The fourth-order valence-electron chi connectivity index (χ4n) is 2.33. The zero-order chi connectivity index (χ0) is 18.0. The van der Waals surface area contributed by atoms with Crippen molar-refractivity contribution >= 4 is 17.7 Å². The first-order valence-electron chi connectivity index (χ1n) is 7.98. The van der Waals surface area contributed by atoms with Gasteiger partial charge in [0.1, 0.15) is 12.4 Å². The van der Waals surface area contributed by atoms with Crippen LogP contribution >= 0.6 is 0 Å². The minimum Gasteiger partial charge on any atom is -0.396 e. The Morgan fingerprint density at radius 3 is 2.68 bits per heavy atom. The molecule has 1 aromatic heterocycles. The molecule has 1 heterocycles. The molecule has 1 N–H and O–H groups in total. The Balaban J connectivity index is 1.90. The maximum atomic E-state index is 14.3. The molecule has 4 nitrogen and oxygen atoms in total. The van der Waals surface area contributed by atoms with Gasteiger partial charge >= 0.3 is 0 Å². The molecule has 1 aliphatic carbocycles. The smallest absolute Gasteiger partial charge is 0.196 e. The van der Waals surface area contributed by atoms with Gasteiger partial charge in [0.15, 0.2) is 17.5 Å². The molecule has 0 atom stereocenters. The maximum absolute atomic E-state index is 14.3. The maximum Gasteiger partial charge on any atom is 0.196 e. The lowest BCUT2D eigenvalue weighted by Crippen LogP contribution is -2.06. The molecule has 1 fully saturated rings. The highest BCUT2D eigenvalue weighted by Gasteiger charge is 2.22. The third kappa shape index (κ3) is 4.10. The summed E-state index contributed by atoms with van der Waals surface area (Å²) in [6.07, 6.45) is 4.96. The van der Waals surface area contributed by atoms with Crippen molar-refractivity contribution in [2.45, 2.75) is 26.7 Å². The Morgan fingerprint density at radius 1 is 1.24 bits per heavy atom. The number of halogens is 3. The van der Waals surface area contributed by atoms with Gasteiger partial charge in [0.25, 0.3) is 0 Å². The second-order valence-corrected chi connectivity index (χ2v) is 6.23. The van der Waals surface area contributed by atoms with Crippen molar-refractivity contribution in [1.82, 2.24) is 4.98 Å². The number of benzene rings is 1. The molecule has 0 aliphatic heterocycles. The van der Waals surface area contributed by atoms with Gasteiger partial charge in [-0.2, -0.15) is 0 Å². The molecule has 0 spiro atoms. The number of oxime groups is 1. The summed E-state index contributed by atoms with van der Waals surface area (Å²) < 4.78 is 41.5. The average molecular weight is 349 g/mol. The summed E-state index contributed by atoms with van der Waals surface area (Å²) in [6, 6.07) is 2.72. The van der Waals surface area contributed by atoms with Crippen molar-refractivity contribution in [2.24, 2.45) is 11.1 Å². The quantitative estimate of drug-likeness (QED) is 0.470. The summed E-state index contributed by atoms with van der Waals surface area (Å²) in [5, 5.41) is 6.46. The third-order valence-electron chi connectivity index (χ3n) is 3.92. The highest BCUT2D eigenvalue weighted by Crippen LogP contribution is 2.30. The Hall–Kier alpha value is -2.57. The van der Waals surface area contributed by atoms with E-state index in [1.807, 2.05) is 13.0 Å². The van der Waals surface area contributed by atoms with Crippen LogP contribution in [0.4, 0.5) is 24.7 Å². The van der Waals surface area contributed by atoms with Crippen LogP contribution in [0.15, 0.2) is 23.5 Å². The molecular formula is C18H18F3N3O. The summed E-state index contributed by atoms with van der Waals surface area (Å²) in [5.41, 5.74) is 1.48. The topological polar surface area (TPSA) is 46.5 Å². The van der Waals surface area contributed by atoms with E-state index < -0.39 is 17.5 Å². The predicted molar refractivity (Wildman–Crippen MR) is 89.6 cm³/mol. The number of anilines is 2. The number of hydrogen-bond donors (Lipinski definition) is 1. The number of rotatable bonds is 6. The number of hydrogen-bond acceptors (Lipinski definition) is 4. The second kappa shape index (κ2) is 7.13. The van der Waals surface area contributed by atoms with Gasteiger partial charge in [-0.05, 0) is 49.8 Å². The lowest BCUT2D eigenvalue weighted by molar-refractivity contribution is 0.135. The van der Waals surface area contributed by atoms with Gasteiger partial charge in [-0.15, -0.1) is 0 Å². The Kier molecular flexibility index (Phi) is 4.92. The van der Waals surface area contributed by atoms with E-state index in [1.165, 1.54) is 6.21 Å². The van der Waals surface area contributed by atoms with Crippen molar-refractivity contribution in [3.05, 3.63) is 52.5 Å². The summed E-state index contributed by atoms with van der Waals surface area (Å²) in [7, 11) is 0. The van der Waals surface area contributed by atoms with Gasteiger partial charge in [-0.3, -0.25) is 0 Å². The van der Waals surface area contributed by atoms with Crippen LogP contribution in [0.5, 0.6) is 0 Å². The lowest BCUT2D eigenvalue weighted by atomic mass is 10.1. The van der Waals surface area contributed by atoms with Crippen LogP contribution in [0.25, 0.3) is 0 Å². The SMILES string of the molecule is Cc1cnc(Nc2c(C=NOCC3CC3)cc(F)c(F)c2F)c(C)c1. The van der Waals surface area contributed by atoms with E-state index in [0.29, 0.717) is 18.3 Å². The van der Waals surface area contributed by atoms with Gasteiger partial charge in [0.2, 0.25) is 0 Å².